The lowest BCUT2D eigenvalue weighted by Gasteiger charge is -2.21. The fourth-order valence-corrected chi connectivity index (χ4v) is 3.59. The van der Waals surface area contributed by atoms with Gasteiger partial charge in [-0.2, -0.15) is 5.10 Å². The summed E-state index contributed by atoms with van der Waals surface area (Å²) in [4.78, 5) is 11.9. The van der Waals surface area contributed by atoms with Crippen molar-refractivity contribution in [1.29, 1.82) is 0 Å². The maximum Gasteiger partial charge on any atom is 0.411 e. The summed E-state index contributed by atoms with van der Waals surface area (Å²) in [6.07, 6.45) is 2.20. The van der Waals surface area contributed by atoms with Crippen LogP contribution in [0.15, 0.2) is 12.1 Å². The number of nitrogens with zero attached hydrogens (tertiary/aromatic N) is 1. The molecule has 1 saturated heterocycles. The van der Waals surface area contributed by atoms with Crippen molar-refractivity contribution in [2.45, 2.75) is 37.7 Å². The molecular formula is C17H21N3O4. The van der Waals surface area contributed by atoms with Crippen molar-refractivity contribution >= 4 is 22.7 Å². The Balaban J connectivity index is 1.72. The van der Waals surface area contributed by atoms with Crippen LogP contribution in [0.3, 0.4) is 0 Å². The molecule has 4 rings (SSSR count). The van der Waals surface area contributed by atoms with E-state index in [0.717, 1.165) is 53.9 Å². The number of carbonyl (C=O) groups excluding carboxylic acids is 1. The van der Waals surface area contributed by atoms with Gasteiger partial charge in [-0.05, 0) is 30.5 Å². The van der Waals surface area contributed by atoms with Crippen molar-refractivity contribution in [3.63, 3.8) is 0 Å². The maximum absolute atomic E-state index is 11.9. The Bertz CT molecular complexity index is 752. The zero-order chi connectivity index (χ0) is 16.5. The average Bonchev–Trinajstić information content (AvgIpc) is 2.91. The average molecular weight is 331 g/mol. The Morgan fingerprint density at radius 3 is 2.92 bits per heavy atom. The smallest absolute Gasteiger partial charge is 0.411 e. The van der Waals surface area contributed by atoms with Crippen LogP contribution in [-0.2, 0) is 15.9 Å². The minimum Gasteiger partial charge on any atom is -0.446 e. The molecule has 0 radical (unpaired) electrons. The third-order valence-electron chi connectivity index (χ3n) is 4.85. The van der Waals surface area contributed by atoms with E-state index in [1.807, 2.05) is 6.07 Å². The number of anilines is 1. The van der Waals surface area contributed by atoms with Gasteiger partial charge in [0.15, 0.2) is 0 Å². The summed E-state index contributed by atoms with van der Waals surface area (Å²) in [5.74, 6) is 0.423. The van der Waals surface area contributed by atoms with Gasteiger partial charge in [-0.1, -0.05) is 0 Å². The molecule has 0 saturated carbocycles. The lowest BCUT2D eigenvalue weighted by Crippen LogP contribution is -2.21. The zero-order valence-electron chi connectivity index (χ0n) is 13.4. The number of hydrogen-bond donors (Lipinski definition) is 3. The summed E-state index contributed by atoms with van der Waals surface area (Å²) in [5, 5.41) is 20.6. The Hall–Kier alpha value is -2.12. The van der Waals surface area contributed by atoms with E-state index in [1.165, 1.54) is 0 Å². The van der Waals surface area contributed by atoms with Gasteiger partial charge in [-0.25, -0.2) is 4.79 Å². The largest absolute Gasteiger partial charge is 0.446 e. The van der Waals surface area contributed by atoms with Crippen LogP contribution in [-0.4, -0.2) is 47.3 Å². The van der Waals surface area contributed by atoms with Gasteiger partial charge in [0.2, 0.25) is 0 Å². The highest BCUT2D eigenvalue weighted by molar-refractivity contribution is 5.93. The Kier molecular flexibility index (Phi) is 4.12. The number of benzene rings is 1. The SMILES string of the molecule is O=C1Nc2cc3n[nH]c(C4CCOCC4)c3cc2CC(CCO)O1. The van der Waals surface area contributed by atoms with E-state index in [1.54, 1.807) is 0 Å². The molecule has 0 spiro atoms. The number of aliphatic hydroxyl groups is 1. The molecule has 7 heteroatoms. The summed E-state index contributed by atoms with van der Waals surface area (Å²) >= 11 is 0. The van der Waals surface area contributed by atoms with Crippen LogP contribution >= 0.6 is 0 Å². The molecule has 1 fully saturated rings. The van der Waals surface area contributed by atoms with Gasteiger partial charge >= 0.3 is 6.09 Å². The highest BCUT2D eigenvalue weighted by atomic mass is 16.6. The predicted octanol–water partition coefficient (Wildman–Crippen LogP) is 2.31. The molecule has 24 heavy (non-hydrogen) atoms. The first kappa shape index (κ1) is 15.4. The van der Waals surface area contributed by atoms with Gasteiger partial charge in [0.25, 0.3) is 0 Å². The molecule has 128 valence electrons. The highest BCUT2D eigenvalue weighted by Gasteiger charge is 2.25. The zero-order valence-corrected chi connectivity index (χ0v) is 13.4. The standard InChI is InChI=1S/C17H21N3O4/c21-4-1-12-7-11-8-13-15(9-14(11)18-17(22)24-12)19-20-16(13)10-2-5-23-6-3-10/h8-10,12,21H,1-7H2,(H,18,22)(H,19,20). The van der Waals surface area contributed by atoms with Crippen molar-refractivity contribution in [2.24, 2.45) is 0 Å². The van der Waals surface area contributed by atoms with Crippen molar-refractivity contribution in [2.75, 3.05) is 25.1 Å². The van der Waals surface area contributed by atoms with E-state index in [-0.39, 0.29) is 12.7 Å². The molecule has 2 aliphatic rings. The third-order valence-corrected chi connectivity index (χ3v) is 4.85. The van der Waals surface area contributed by atoms with E-state index in [2.05, 4.69) is 21.6 Å². The van der Waals surface area contributed by atoms with Crippen LogP contribution in [0, 0.1) is 0 Å². The van der Waals surface area contributed by atoms with Gasteiger partial charge in [0.1, 0.15) is 6.10 Å². The lowest BCUT2D eigenvalue weighted by molar-refractivity contribution is 0.0847. The molecule has 3 N–H and O–H groups in total. The molecule has 3 heterocycles. The number of nitrogens with one attached hydrogen (secondary N) is 2. The molecule has 7 nitrogen and oxygen atoms in total. The quantitative estimate of drug-likeness (QED) is 0.802. The van der Waals surface area contributed by atoms with Gasteiger partial charge in [0, 0.05) is 55.3 Å². The topological polar surface area (TPSA) is 96.5 Å². The van der Waals surface area contributed by atoms with Crippen molar-refractivity contribution < 1.29 is 19.4 Å². The van der Waals surface area contributed by atoms with Gasteiger partial charge in [-0.3, -0.25) is 10.4 Å². The van der Waals surface area contributed by atoms with Crippen molar-refractivity contribution in [3.05, 3.63) is 23.4 Å². The molecule has 1 amide bonds. The Morgan fingerprint density at radius 1 is 1.29 bits per heavy atom. The monoisotopic (exact) mass is 331 g/mol. The number of carbonyl (C=O) groups is 1. The van der Waals surface area contributed by atoms with Crippen LogP contribution in [0.25, 0.3) is 10.9 Å². The predicted molar refractivity (Wildman–Crippen MR) is 88.2 cm³/mol. The number of fused-ring (bicyclic) bond motifs is 2. The fraction of sp³-hybridized carbons (Fsp3) is 0.529. The lowest BCUT2D eigenvalue weighted by atomic mass is 9.92. The number of H-pyrrole nitrogens is 1. The van der Waals surface area contributed by atoms with E-state index in [9.17, 15) is 4.79 Å². The number of cyclic esters (lactones) is 1. The molecule has 2 aliphatic heterocycles. The number of ether oxygens (including phenoxy) is 2. The second kappa shape index (κ2) is 6.41. The number of aromatic nitrogens is 2. The normalized spacial score (nSPS) is 21.9. The number of rotatable bonds is 3. The molecule has 1 aromatic carbocycles. The second-order valence-electron chi connectivity index (χ2n) is 6.42. The van der Waals surface area contributed by atoms with E-state index >= 15 is 0 Å². The molecule has 0 bridgehead atoms. The number of aliphatic hydroxyl groups excluding tert-OH is 1. The molecular weight excluding hydrogens is 310 g/mol. The van der Waals surface area contributed by atoms with Gasteiger partial charge in [0.05, 0.1) is 5.52 Å². The number of amides is 1. The van der Waals surface area contributed by atoms with E-state index < -0.39 is 6.09 Å². The number of hydrogen-bond acceptors (Lipinski definition) is 5. The number of aromatic amines is 1. The minimum atomic E-state index is -0.480. The van der Waals surface area contributed by atoms with Crippen LogP contribution in [0.2, 0.25) is 0 Å². The van der Waals surface area contributed by atoms with Crippen LogP contribution < -0.4 is 5.32 Å². The molecule has 1 unspecified atom stereocenters. The van der Waals surface area contributed by atoms with Crippen LogP contribution in [0.5, 0.6) is 0 Å². The van der Waals surface area contributed by atoms with Crippen molar-refractivity contribution in [1.82, 2.24) is 10.2 Å². The van der Waals surface area contributed by atoms with Crippen LogP contribution in [0.1, 0.15) is 36.4 Å². The minimum absolute atomic E-state index is 0.00540. The Morgan fingerprint density at radius 2 is 2.12 bits per heavy atom. The molecule has 2 aromatic rings. The summed E-state index contributed by atoms with van der Waals surface area (Å²) in [7, 11) is 0. The molecule has 1 aromatic heterocycles. The first-order chi connectivity index (χ1) is 11.7. The second-order valence-corrected chi connectivity index (χ2v) is 6.42. The van der Waals surface area contributed by atoms with E-state index in [0.29, 0.717) is 18.8 Å². The van der Waals surface area contributed by atoms with Gasteiger partial charge < -0.3 is 14.6 Å². The first-order valence-corrected chi connectivity index (χ1v) is 8.41. The molecule has 1 atom stereocenters. The summed E-state index contributed by atoms with van der Waals surface area (Å²) in [6.45, 7) is 1.55. The fourth-order valence-electron chi connectivity index (χ4n) is 3.59. The van der Waals surface area contributed by atoms with E-state index in [4.69, 9.17) is 14.6 Å². The van der Waals surface area contributed by atoms with Crippen molar-refractivity contribution in [3.8, 4) is 0 Å². The maximum atomic E-state index is 11.9. The first-order valence-electron chi connectivity index (χ1n) is 8.41. The summed E-state index contributed by atoms with van der Waals surface area (Å²) in [6, 6.07) is 3.99. The third kappa shape index (κ3) is 2.85. The summed E-state index contributed by atoms with van der Waals surface area (Å²) in [5.41, 5.74) is 3.74. The van der Waals surface area contributed by atoms with Gasteiger partial charge in [-0.15, -0.1) is 0 Å². The van der Waals surface area contributed by atoms with Crippen LogP contribution in [0.4, 0.5) is 10.5 Å². The Labute approximate surface area is 139 Å². The highest BCUT2D eigenvalue weighted by Crippen LogP contribution is 2.34. The summed E-state index contributed by atoms with van der Waals surface area (Å²) < 4.78 is 10.8. The molecule has 0 aliphatic carbocycles.